The summed E-state index contributed by atoms with van der Waals surface area (Å²) < 4.78 is 32.8. The van der Waals surface area contributed by atoms with Crippen molar-refractivity contribution in [2.75, 3.05) is 20.2 Å². The number of carbonyl (C=O) groups is 1. The number of amides is 1. The van der Waals surface area contributed by atoms with Crippen molar-refractivity contribution in [3.8, 4) is 5.75 Å². The van der Waals surface area contributed by atoms with E-state index in [9.17, 15) is 13.2 Å². The molecule has 3 rings (SSSR count). The van der Waals surface area contributed by atoms with E-state index in [1.165, 1.54) is 10.4 Å². The van der Waals surface area contributed by atoms with E-state index in [2.05, 4.69) is 5.32 Å². The van der Waals surface area contributed by atoms with Gasteiger partial charge in [0.15, 0.2) is 0 Å². The Morgan fingerprint density at radius 1 is 1.24 bits per heavy atom. The second-order valence-corrected chi connectivity index (χ2v) is 11.2. The summed E-state index contributed by atoms with van der Waals surface area (Å²) in [6.07, 6.45) is 2.00. The lowest BCUT2D eigenvalue weighted by Crippen LogP contribution is -2.46. The third-order valence-electron chi connectivity index (χ3n) is 6.05. The molecule has 0 radical (unpaired) electrons. The standard InChI is InChI=1S/C24H30Cl2N2O4S/c1-4-22(17-8-10-23(32-3)16(2)12-17)27-24(29)18-6-5-11-28(14-18)33(30,31)15-19-7-9-20(25)13-21(19)26/h7-10,12-13,18,22H,4-6,11,14-15H2,1-3H3,(H,27,29)/t18-,22+/m0/s1. The first-order valence-electron chi connectivity index (χ1n) is 11.0. The summed E-state index contributed by atoms with van der Waals surface area (Å²) in [6, 6.07) is 10.5. The Morgan fingerprint density at radius 3 is 2.64 bits per heavy atom. The number of halogens is 2. The number of nitrogens with zero attached hydrogens (tertiary/aromatic N) is 1. The molecule has 1 saturated heterocycles. The highest BCUT2D eigenvalue weighted by molar-refractivity contribution is 7.88. The molecular formula is C24H30Cl2N2O4S. The van der Waals surface area contributed by atoms with Crippen molar-refractivity contribution in [2.24, 2.45) is 5.92 Å². The fourth-order valence-corrected chi connectivity index (χ4v) is 6.36. The molecule has 0 unspecified atom stereocenters. The van der Waals surface area contributed by atoms with Gasteiger partial charge in [0.1, 0.15) is 5.75 Å². The maximum atomic E-state index is 13.1. The van der Waals surface area contributed by atoms with Gasteiger partial charge in [-0.3, -0.25) is 4.79 Å². The van der Waals surface area contributed by atoms with Gasteiger partial charge in [0.05, 0.1) is 24.8 Å². The molecule has 180 valence electrons. The van der Waals surface area contributed by atoms with Gasteiger partial charge in [-0.05, 0) is 61.1 Å². The lowest BCUT2D eigenvalue weighted by Gasteiger charge is -2.32. The molecule has 1 amide bonds. The number of rotatable bonds is 8. The average Bonchev–Trinajstić information content (AvgIpc) is 2.79. The lowest BCUT2D eigenvalue weighted by atomic mass is 9.96. The molecule has 2 atom stereocenters. The van der Waals surface area contributed by atoms with Crippen molar-refractivity contribution in [3.05, 3.63) is 63.1 Å². The zero-order valence-corrected chi connectivity index (χ0v) is 21.4. The number of nitrogens with one attached hydrogen (secondary N) is 1. The van der Waals surface area contributed by atoms with Crippen LogP contribution in [0, 0.1) is 12.8 Å². The Morgan fingerprint density at radius 2 is 2.00 bits per heavy atom. The van der Waals surface area contributed by atoms with Gasteiger partial charge in [0.2, 0.25) is 15.9 Å². The van der Waals surface area contributed by atoms with Crippen molar-refractivity contribution in [1.82, 2.24) is 9.62 Å². The lowest BCUT2D eigenvalue weighted by molar-refractivity contribution is -0.126. The van der Waals surface area contributed by atoms with Gasteiger partial charge in [0.25, 0.3) is 0 Å². The monoisotopic (exact) mass is 512 g/mol. The number of ether oxygens (including phenoxy) is 1. The third kappa shape index (κ3) is 6.41. The number of benzene rings is 2. The molecule has 9 heteroatoms. The summed E-state index contributed by atoms with van der Waals surface area (Å²) in [7, 11) is -2.00. The minimum atomic E-state index is -3.63. The fourth-order valence-electron chi connectivity index (χ4n) is 4.16. The number of piperidine rings is 1. The molecule has 1 aliphatic heterocycles. The molecule has 0 saturated carbocycles. The molecule has 1 fully saturated rings. The number of methoxy groups -OCH3 is 1. The van der Waals surface area contributed by atoms with E-state index in [1.807, 2.05) is 32.0 Å². The molecule has 6 nitrogen and oxygen atoms in total. The Kier molecular flexibility index (Phi) is 8.67. The summed E-state index contributed by atoms with van der Waals surface area (Å²) in [4.78, 5) is 13.1. The number of hydrogen-bond donors (Lipinski definition) is 1. The molecule has 0 spiro atoms. The molecule has 1 heterocycles. The van der Waals surface area contributed by atoms with Gasteiger partial charge in [-0.15, -0.1) is 0 Å². The smallest absolute Gasteiger partial charge is 0.224 e. The van der Waals surface area contributed by atoms with Crippen molar-refractivity contribution in [2.45, 2.75) is 44.9 Å². The highest BCUT2D eigenvalue weighted by Crippen LogP contribution is 2.28. The second-order valence-electron chi connectivity index (χ2n) is 8.39. The van der Waals surface area contributed by atoms with Crippen molar-refractivity contribution in [1.29, 1.82) is 0 Å². The zero-order valence-electron chi connectivity index (χ0n) is 19.1. The van der Waals surface area contributed by atoms with Crippen LogP contribution in [-0.2, 0) is 20.6 Å². The molecule has 2 aromatic rings. The Labute approximate surface area is 206 Å². The molecule has 33 heavy (non-hydrogen) atoms. The van der Waals surface area contributed by atoms with Crippen LogP contribution in [-0.4, -0.2) is 38.8 Å². The minimum Gasteiger partial charge on any atom is -0.496 e. The first-order chi connectivity index (χ1) is 15.6. The van der Waals surface area contributed by atoms with E-state index >= 15 is 0 Å². The quantitative estimate of drug-likeness (QED) is 0.532. The van der Waals surface area contributed by atoms with Gasteiger partial charge < -0.3 is 10.1 Å². The average molecular weight is 513 g/mol. The SMILES string of the molecule is CC[C@@H](NC(=O)[C@H]1CCCN(S(=O)(=O)Cc2ccc(Cl)cc2Cl)C1)c1ccc(OC)c(C)c1. The van der Waals surface area contributed by atoms with Crippen molar-refractivity contribution in [3.63, 3.8) is 0 Å². The van der Waals surface area contributed by atoms with Crippen LogP contribution in [0.5, 0.6) is 5.75 Å². The first kappa shape index (κ1) is 25.8. The van der Waals surface area contributed by atoms with Crippen LogP contribution >= 0.6 is 23.2 Å². The fraction of sp³-hybridized carbons (Fsp3) is 0.458. The topological polar surface area (TPSA) is 75.7 Å². The molecule has 0 aliphatic carbocycles. The normalized spacial score (nSPS) is 18.0. The van der Waals surface area contributed by atoms with Gasteiger partial charge >= 0.3 is 0 Å². The van der Waals surface area contributed by atoms with Crippen LogP contribution in [0.2, 0.25) is 10.0 Å². The summed E-state index contributed by atoms with van der Waals surface area (Å²) in [5.74, 6) is 0.0521. The predicted octanol–water partition coefficient (Wildman–Crippen LogP) is 5.12. The van der Waals surface area contributed by atoms with E-state index < -0.39 is 15.9 Å². The predicted molar refractivity (Wildman–Crippen MR) is 132 cm³/mol. The molecular weight excluding hydrogens is 483 g/mol. The molecule has 2 aromatic carbocycles. The molecule has 0 bridgehead atoms. The summed E-state index contributed by atoms with van der Waals surface area (Å²) in [5.41, 5.74) is 2.49. The number of carbonyl (C=O) groups excluding carboxylic acids is 1. The first-order valence-corrected chi connectivity index (χ1v) is 13.4. The molecule has 1 aliphatic rings. The van der Waals surface area contributed by atoms with Crippen molar-refractivity contribution >= 4 is 39.1 Å². The molecule has 0 aromatic heterocycles. The van der Waals surface area contributed by atoms with E-state index in [4.69, 9.17) is 27.9 Å². The summed E-state index contributed by atoms with van der Waals surface area (Å²) in [6.45, 7) is 4.54. The van der Waals surface area contributed by atoms with Gasteiger partial charge in [0, 0.05) is 23.1 Å². The maximum absolute atomic E-state index is 13.1. The maximum Gasteiger partial charge on any atom is 0.224 e. The van der Waals surface area contributed by atoms with E-state index in [0.717, 1.165) is 23.3 Å². The van der Waals surface area contributed by atoms with Gasteiger partial charge in [-0.1, -0.05) is 48.3 Å². The Bertz CT molecular complexity index is 1110. The van der Waals surface area contributed by atoms with Gasteiger partial charge in [-0.2, -0.15) is 0 Å². The molecule has 1 N–H and O–H groups in total. The highest BCUT2D eigenvalue weighted by Gasteiger charge is 2.33. The van der Waals surface area contributed by atoms with Crippen LogP contribution in [0.3, 0.4) is 0 Å². The number of sulfonamides is 1. The Hall–Kier alpha value is -1.80. The third-order valence-corrected chi connectivity index (χ3v) is 8.43. The highest BCUT2D eigenvalue weighted by atomic mass is 35.5. The number of hydrogen-bond acceptors (Lipinski definition) is 4. The number of aryl methyl sites for hydroxylation is 1. The second kappa shape index (κ2) is 11.1. The van der Waals surface area contributed by atoms with Crippen LogP contribution in [0.15, 0.2) is 36.4 Å². The minimum absolute atomic E-state index is 0.125. The van der Waals surface area contributed by atoms with Crippen LogP contribution in [0.25, 0.3) is 0 Å². The van der Waals surface area contributed by atoms with E-state index in [0.29, 0.717) is 35.0 Å². The summed E-state index contributed by atoms with van der Waals surface area (Å²) >= 11 is 12.1. The Balaban J connectivity index is 1.68. The van der Waals surface area contributed by atoms with Crippen LogP contribution in [0.1, 0.15) is 48.9 Å². The zero-order chi connectivity index (χ0) is 24.2. The van der Waals surface area contributed by atoms with Crippen molar-refractivity contribution < 1.29 is 17.9 Å². The van der Waals surface area contributed by atoms with Gasteiger partial charge in [-0.25, -0.2) is 12.7 Å². The van der Waals surface area contributed by atoms with Crippen LogP contribution in [0.4, 0.5) is 0 Å². The van der Waals surface area contributed by atoms with Crippen LogP contribution < -0.4 is 10.1 Å². The largest absolute Gasteiger partial charge is 0.496 e. The van der Waals surface area contributed by atoms with E-state index in [1.54, 1.807) is 19.2 Å². The summed E-state index contributed by atoms with van der Waals surface area (Å²) in [5, 5.41) is 3.89. The van der Waals surface area contributed by atoms with E-state index in [-0.39, 0.29) is 24.2 Å².